The van der Waals surface area contributed by atoms with E-state index in [0.717, 1.165) is 25.9 Å². The van der Waals surface area contributed by atoms with Crippen molar-refractivity contribution < 1.29 is 4.79 Å². The number of nitrogens with one attached hydrogen (secondary N) is 1. The Hall–Kier alpha value is -1.19. The minimum atomic E-state index is 0.385. The first-order valence-corrected chi connectivity index (χ1v) is 7.88. The fourth-order valence-corrected chi connectivity index (χ4v) is 3.76. The molecule has 1 saturated heterocycles. The quantitative estimate of drug-likeness (QED) is 0.904. The third-order valence-electron chi connectivity index (χ3n) is 3.94. The van der Waals surface area contributed by atoms with Crippen LogP contribution in [0.1, 0.15) is 24.8 Å². The number of fused-ring (bicyclic) bond motifs is 1. The molecule has 1 aliphatic rings. The fraction of sp³-hybridized carbons (Fsp3) is 0.438. The standard InChI is InChI=1S/C16H19NOS/c18-14(6-5-12-7-8-17-10-12)9-13-11-19-16-4-2-1-3-15(13)16/h1-4,11-12,17H,5-10H2. The van der Waals surface area contributed by atoms with Crippen LogP contribution in [0, 0.1) is 5.92 Å². The van der Waals surface area contributed by atoms with Gasteiger partial charge in [0.15, 0.2) is 0 Å². The second-order valence-corrected chi connectivity index (χ2v) is 6.28. The molecule has 19 heavy (non-hydrogen) atoms. The highest BCUT2D eigenvalue weighted by molar-refractivity contribution is 7.17. The lowest BCUT2D eigenvalue weighted by molar-refractivity contribution is -0.118. The summed E-state index contributed by atoms with van der Waals surface area (Å²) in [5.74, 6) is 1.10. The Bertz CT molecular complexity index is 569. The lowest BCUT2D eigenvalue weighted by atomic mass is 9.98. The van der Waals surface area contributed by atoms with Crippen LogP contribution in [0.3, 0.4) is 0 Å². The summed E-state index contributed by atoms with van der Waals surface area (Å²) in [6.45, 7) is 2.21. The van der Waals surface area contributed by atoms with Crippen molar-refractivity contribution in [2.24, 2.45) is 5.92 Å². The lowest BCUT2D eigenvalue weighted by Gasteiger charge is -2.06. The summed E-state index contributed by atoms with van der Waals surface area (Å²) in [6.07, 6.45) is 3.61. The van der Waals surface area contributed by atoms with E-state index in [0.29, 0.717) is 18.1 Å². The number of rotatable bonds is 5. The summed E-state index contributed by atoms with van der Waals surface area (Å²) in [5, 5.41) is 6.75. The number of carbonyl (C=O) groups excluding carboxylic acids is 1. The summed E-state index contributed by atoms with van der Waals surface area (Å²) in [6, 6.07) is 8.35. The summed E-state index contributed by atoms with van der Waals surface area (Å²) >= 11 is 1.74. The van der Waals surface area contributed by atoms with E-state index in [1.807, 2.05) is 6.07 Å². The van der Waals surface area contributed by atoms with Crippen LogP contribution in [0.5, 0.6) is 0 Å². The van der Waals surface area contributed by atoms with Gasteiger partial charge in [-0.05, 0) is 54.2 Å². The Balaban J connectivity index is 1.59. The van der Waals surface area contributed by atoms with Crippen LogP contribution in [0.25, 0.3) is 10.1 Å². The topological polar surface area (TPSA) is 29.1 Å². The van der Waals surface area contributed by atoms with E-state index >= 15 is 0 Å². The first-order valence-electron chi connectivity index (χ1n) is 7.00. The zero-order valence-electron chi connectivity index (χ0n) is 11.0. The highest BCUT2D eigenvalue weighted by Gasteiger charge is 2.16. The number of thiophene rings is 1. The molecule has 0 radical (unpaired) electrons. The third-order valence-corrected chi connectivity index (χ3v) is 4.95. The van der Waals surface area contributed by atoms with Gasteiger partial charge in [0.1, 0.15) is 5.78 Å². The van der Waals surface area contributed by atoms with E-state index in [4.69, 9.17) is 0 Å². The van der Waals surface area contributed by atoms with Gasteiger partial charge >= 0.3 is 0 Å². The number of carbonyl (C=O) groups is 1. The van der Waals surface area contributed by atoms with Crippen molar-refractivity contribution >= 4 is 27.2 Å². The fourth-order valence-electron chi connectivity index (χ4n) is 2.80. The van der Waals surface area contributed by atoms with E-state index in [2.05, 4.69) is 28.9 Å². The van der Waals surface area contributed by atoms with E-state index in [-0.39, 0.29) is 0 Å². The summed E-state index contributed by atoms with van der Waals surface area (Å²) < 4.78 is 1.28. The van der Waals surface area contributed by atoms with Gasteiger partial charge < -0.3 is 5.32 Å². The van der Waals surface area contributed by atoms with Crippen LogP contribution in [-0.4, -0.2) is 18.9 Å². The molecule has 2 aromatic rings. The van der Waals surface area contributed by atoms with Crippen molar-refractivity contribution in [1.82, 2.24) is 5.32 Å². The Morgan fingerprint density at radius 3 is 3.11 bits per heavy atom. The molecule has 1 fully saturated rings. The minimum absolute atomic E-state index is 0.385. The molecule has 100 valence electrons. The molecular formula is C16H19NOS. The van der Waals surface area contributed by atoms with Crippen LogP contribution in [-0.2, 0) is 11.2 Å². The van der Waals surface area contributed by atoms with E-state index in [1.165, 1.54) is 22.1 Å². The Labute approximate surface area is 117 Å². The molecule has 0 amide bonds. The molecule has 0 spiro atoms. The van der Waals surface area contributed by atoms with E-state index < -0.39 is 0 Å². The first kappa shape index (κ1) is 12.8. The van der Waals surface area contributed by atoms with Gasteiger partial charge in [0.2, 0.25) is 0 Å². The van der Waals surface area contributed by atoms with Crippen molar-refractivity contribution in [3.05, 3.63) is 35.2 Å². The van der Waals surface area contributed by atoms with Gasteiger partial charge in [0.25, 0.3) is 0 Å². The predicted molar refractivity (Wildman–Crippen MR) is 80.7 cm³/mol. The molecule has 3 heteroatoms. The Kier molecular flexibility index (Phi) is 3.95. The summed E-state index contributed by atoms with van der Waals surface area (Å²) in [5.41, 5.74) is 1.20. The normalized spacial score (nSPS) is 19.1. The average Bonchev–Trinajstić information content (AvgIpc) is 3.07. The maximum Gasteiger partial charge on any atom is 0.137 e. The number of ketones is 1. The van der Waals surface area contributed by atoms with Gasteiger partial charge in [-0.15, -0.1) is 11.3 Å². The largest absolute Gasteiger partial charge is 0.316 e. The first-order chi connectivity index (χ1) is 9.33. The Morgan fingerprint density at radius 2 is 2.26 bits per heavy atom. The molecule has 2 heterocycles. The van der Waals surface area contributed by atoms with Crippen LogP contribution in [0.4, 0.5) is 0 Å². The molecule has 0 aliphatic carbocycles. The molecule has 1 aliphatic heterocycles. The molecule has 1 atom stereocenters. The van der Waals surface area contributed by atoms with Gasteiger partial charge in [-0.2, -0.15) is 0 Å². The molecule has 1 N–H and O–H groups in total. The molecule has 1 aromatic heterocycles. The van der Waals surface area contributed by atoms with E-state index in [1.54, 1.807) is 11.3 Å². The second-order valence-electron chi connectivity index (χ2n) is 5.37. The number of benzene rings is 1. The maximum absolute atomic E-state index is 12.1. The molecule has 3 rings (SSSR count). The van der Waals surface area contributed by atoms with Crippen molar-refractivity contribution in [2.45, 2.75) is 25.7 Å². The van der Waals surface area contributed by atoms with Gasteiger partial charge in [0.05, 0.1) is 0 Å². The predicted octanol–water partition coefficient (Wildman–Crippen LogP) is 3.40. The molecule has 1 unspecified atom stereocenters. The lowest BCUT2D eigenvalue weighted by Crippen LogP contribution is -2.11. The highest BCUT2D eigenvalue weighted by atomic mass is 32.1. The third kappa shape index (κ3) is 3.04. The Morgan fingerprint density at radius 1 is 1.37 bits per heavy atom. The van der Waals surface area contributed by atoms with Gasteiger partial charge in [-0.1, -0.05) is 18.2 Å². The minimum Gasteiger partial charge on any atom is -0.316 e. The van der Waals surface area contributed by atoms with Crippen molar-refractivity contribution in [2.75, 3.05) is 13.1 Å². The zero-order chi connectivity index (χ0) is 13.1. The number of hydrogen-bond donors (Lipinski definition) is 1. The monoisotopic (exact) mass is 273 g/mol. The maximum atomic E-state index is 12.1. The van der Waals surface area contributed by atoms with Crippen molar-refractivity contribution in [3.8, 4) is 0 Å². The SMILES string of the molecule is O=C(CCC1CCNC1)Cc1csc2ccccc12. The molecule has 2 nitrogen and oxygen atoms in total. The zero-order valence-corrected chi connectivity index (χ0v) is 11.8. The van der Waals surface area contributed by atoms with Crippen molar-refractivity contribution in [1.29, 1.82) is 0 Å². The van der Waals surface area contributed by atoms with Crippen LogP contribution < -0.4 is 5.32 Å². The average molecular weight is 273 g/mol. The van der Waals surface area contributed by atoms with Crippen LogP contribution in [0.15, 0.2) is 29.6 Å². The van der Waals surface area contributed by atoms with E-state index in [9.17, 15) is 4.79 Å². The van der Waals surface area contributed by atoms with Gasteiger partial charge in [0, 0.05) is 17.5 Å². The molecule has 1 aromatic carbocycles. The van der Waals surface area contributed by atoms with Crippen molar-refractivity contribution in [3.63, 3.8) is 0 Å². The second kappa shape index (κ2) is 5.85. The molecule has 0 bridgehead atoms. The number of hydrogen-bond acceptors (Lipinski definition) is 3. The van der Waals surface area contributed by atoms with Crippen LogP contribution >= 0.6 is 11.3 Å². The smallest absolute Gasteiger partial charge is 0.137 e. The van der Waals surface area contributed by atoms with Crippen LogP contribution in [0.2, 0.25) is 0 Å². The summed E-state index contributed by atoms with van der Waals surface area (Å²) in [7, 11) is 0. The molecule has 0 saturated carbocycles. The molecular weight excluding hydrogens is 254 g/mol. The van der Waals surface area contributed by atoms with Gasteiger partial charge in [-0.25, -0.2) is 0 Å². The highest BCUT2D eigenvalue weighted by Crippen LogP contribution is 2.26. The summed E-state index contributed by atoms with van der Waals surface area (Å²) in [4.78, 5) is 12.1. The van der Waals surface area contributed by atoms with Gasteiger partial charge in [-0.3, -0.25) is 4.79 Å². The number of Topliss-reactive ketones (excluding diaryl/α,β-unsaturated/α-hetero) is 1.